The first-order chi connectivity index (χ1) is 9.19. The first-order valence-corrected chi connectivity index (χ1v) is 7.59. The normalized spacial score (nSPS) is 14.2. The van der Waals surface area contributed by atoms with Gasteiger partial charge in [0.2, 0.25) is 0 Å². The summed E-state index contributed by atoms with van der Waals surface area (Å²) in [6.07, 6.45) is 5.15. The molecule has 0 fully saturated rings. The van der Waals surface area contributed by atoms with E-state index >= 15 is 0 Å². The molecule has 1 heterocycles. The van der Waals surface area contributed by atoms with Crippen LogP contribution in [-0.4, -0.2) is 40.6 Å². The van der Waals surface area contributed by atoms with Crippen molar-refractivity contribution in [3.63, 3.8) is 0 Å². The fraction of sp³-hybridized carbons (Fsp3) is 0.812. The monoisotopic (exact) mass is 280 g/mol. The van der Waals surface area contributed by atoms with Gasteiger partial charge in [-0.05, 0) is 47.2 Å². The predicted molar refractivity (Wildman–Crippen MR) is 85.9 cm³/mol. The molecule has 0 amide bonds. The van der Waals surface area contributed by atoms with E-state index in [0.29, 0.717) is 12.0 Å². The van der Waals surface area contributed by atoms with E-state index in [-0.39, 0.29) is 5.54 Å². The molecule has 116 valence electrons. The van der Waals surface area contributed by atoms with Gasteiger partial charge in [-0.15, -0.1) is 0 Å². The maximum Gasteiger partial charge on any atom is 0.0951 e. The van der Waals surface area contributed by atoms with E-state index in [1.165, 1.54) is 12.1 Å². The number of imidazole rings is 1. The smallest absolute Gasteiger partial charge is 0.0951 e. The van der Waals surface area contributed by atoms with Gasteiger partial charge < -0.3 is 14.8 Å². The Labute approximate surface area is 124 Å². The molecule has 0 aliphatic carbocycles. The Morgan fingerprint density at radius 3 is 2.45 bits per heavy atom. The second-order valence-electron chi connectivity index (χ2n) is 7.44. The minimum absolute atomic E-state index is 0.129. The van der Waals surface area contributed by atoms with Crippen molar-refractivity contribution in [3.8, 4) is 0 Å². The molecule has 1 aromatic heterocycles. The molecular weight excluding hydrogens is 248 g/mol. The Hall–Kier alpha value is -0.870. The molecule has 4 nitrogen and oxygen atoms in total. The highest BCUT2D eigenvalue weighted by atomic mass is 15.2. The zero-order valence-corrected chi connectivity index (χ0v) is 14.3. The number of likely N-dealkylation sites (N-methyl/N-ethyl adjacent to an activating group) is 1. The molecule has 4 heteroatoms. The average Bonchev–Trinajstić information content (AvgIpc) is 2.71. The topological polar surface area (TPSA) is 33.1 Å². The van der Waals surface area contributed by atoms with Crippen LogP contribution in [0.2, 0.25) is 0 Å². The van der Waals surface area contributed by atoms with E-state index in [2.05, 4.69) is 68.5 Å². The van der Waals surface area contributed by atoms with Gasteiger partial charge in [-0.2, -0.15) is 0 Å². The highest BCUT2D eigenvalue weighted by molar-refractivity contribution is 5.01. The lowest BCUT2D eigenvalue weighted by atomic mass is 10.0. The van der Waals surface area contributed by atoms with Crippen molar-refractivity contribution in [2.45, 2.75) is 59.2 Å². The Morgan fingerprint density at radius 2 is 1.95 bits per heavy atom. The Bertz CT molecular complexity index is 377. The van der Waals surface area contributed by atoms with E-state index in [4.69, 9.17) is 0 Å². The number of hydrogen-bond acceptors (Lipinski definition) is 3. The second kappa shape index (κ2) is 7.23. The summed E-state index contributed by atoms with van der Waals surface area (Å²) in [5.74, 6) is 0.686. The maximum absolute atomic E-state index is 4.36. The van der Waals surface area contributed by atoms with Gasteiger partial charge in [0.25, 0.3) is 0 Å². The molecule has 0 aliphatic heterocycles. The zero-order chi connectivity index (χ0) is 15.3. The molecule has 1 aromatic rings. The molecule has 0 aromatic carbocycles. The van der Waals surface area contributed by atoms with Crippen molar-refractivity contribution < 1.29 is 0 Å². The third-order valence-electron chi connectivity index (χ3n) is 3.26. The molecule has 0 saturated heterocycles. The van der Waals surface area contributed by atoms with Gasteiger partial charge in [-0.1, -0.05) is 13.8 Å². The van der Waals surface area contributed by atoms with E-state index in [9.17, 15) is 0 Å². The highest BCUT2D eigenvalue weighted by Gasteiger charge is 2.18. The van der Waals surface area contributed by atoms with Crippen molar-refractivity contribution in [1.82, 2.24) is 19.8 Å². The second-order valence-corrected chi connectivity index (χ2v) is 7.44. The minimum atomic E-state index is 0.129. The van der Waals surface area contributed by atoms with Gasteiger partial charge in [0.1, 0.15) is 0 Å². The van der Waals surface area contributed by atoms with Crippen LogP contribution in [0.25, 0.3) is 0 Å². The number of nitrogens with zero attached hydrogens (tertiary/aromatic N) is 3. The van der Waals surface area contributed by atoms with E-state index in [1.807, 2.05) is 12.5 Å². The first-order valence-electron chi connectivity index (χ1n) is 7.59. The maximum atomic E-state index is 4.36. The lowest BCUT2D eigenvalue weighted by molar-refractivity contribution is 0.281. The average molecular weight is 280 g/mol. The van der Waals surface area contributed by atoms with Crippen LogP contribution in [0.15, 0.2) is 12.5 Å². The molecule has 0 spiro atoms. The molecule has 0 saturated carbocycles. The van der Waals surface area contributed by atoms with Crippen LogP contribution in [0.1, 0.15) is 52.8 Å². The molecule has 0 bridgehead atoms. The molecule has 1 N–H and O–H groups in total. The molecule has 1 atom stereocenters. The van der Waals surface area contributed by atoms with Crippen LogP contribution >= 0.6 is 0 Å². The van der Waals surface area contributed by atoms with Gasteiger partial charge in [-0.3, -0.25) is 0 Å². The van der Waals surface area contributed by atoms with E-state index < -0.39 is 0 Å². The molecule has 1 rings (SSSR count). The van der Waals surface area contributed by atoms with E-state index in [1.54, 1.807) is 0 Å². The summed E-state index contributed by atoms with van der Waals surface area (Å²) in [5.41, 5.74) is 1.40. The summed E-state index contributed by atoms with van der Waals surface area (Å²) in [6, 6.07) is 0.490. The SMILES string of the molecule is CC(C)CC(CN(C)C)n1cncc1CNC(C)(C)C. The largest absolute Gasteiger partial charge is 0.329 e. The van der Waals surface area contributed by atoms with Crippen LogP contribution < -0.4 is 5.32 Å². The predicted octanol–water partition coefficient (Wildman–Crippen LogP) is 2.92. The van der Waals surface area contributed by atoms with Gasteiger partial charge in [0.15, 0.2) is 0 Å². The fourth-order valence-electron chi connectivity index (χ4n) is 2.40. The van der Waals surface area contributed by atoms with Crippen molar-refractivity contribution in [2.24, 2.45) is 5.92 Å². The fourth-order valence-corrected chi connectivity index (χ4v) is 2.40. The number of hydrogen-bond donors (Lipinski definition) is 1. The standard InChI is InChI=1S/C16H32N4/c1-13(2)8-14(11-19(6)7)20-12-17-9-15(20)10-18-16(3,4)5/h9,12-14,18H,8,10-11H2,1-7H3. The zero-order valence-electron chi connectivity index (χ0n) is 14.3. The summed E-state index contributed by atoms with van der Waals surface area (Å²) < 4.78 is 2.35. The molecule has 1 unspecified atom stereocenters. The van der Waals surface area contributed by atoms with Crippen molar-refractivity contribution in [1.29, 1.82) is 0 Å². The van der Waals surface area contributed by atoms with Gasteiger partial charge >= 0.3 is 0 Å². The van der Waals surface area contributed by atoms with Crippen LogP contribution in [0.5, 0.6) is 0 Å². The van der Waals surface area contributed by atoms with Crippen LogP contribution in [0, 0.1) is 5.92 Å². The summed E-state index contributed by atoms with van der Waals surface area (Å²) in [7, 11) is 4.27. The molecular formula is C16H32N4. The van der Waals surface area contributed by atoms with Crippen LogP contribution in [0.3, 0.4) is 0 Å². The van der Waals surface area contributed by atoms with Crippen LogP contribution in [0.4, 0.5) is 0 Å². The van der Waals surface area contributed by atoms with Crippen molar-refractivity contribution in [3.05, 3.63) is 18.2 Å². The Morgan fingerprint density at radius 1 is 1.30 bits per heavy atom. The minimum Gasteiger partial charge on any atom is -0.329 e. The lowest BCUT2D eigenvalue weighted by Crippen LogP contribution is -2.36. The first kappa shape index (κ1) is 17.2. The number of rotatable bonds is 7. The van der Waals surface area contributed by atoms with Crippen LogP contribution in [-0.2, 0) is 6.54 Å². The number of nitrogens with one attached hydrogen (secondary N) is 1. The third kappa shape index (κ3) is 6.06. The lowest BCUT2D eigenvalue weighted by Gasteiger charge is -2.27. The van der Waals surface area contributed by atoms with Gasteiger partial charge in [0.05, 0.1) is 12.0 Å². The third-order valence-corrected chi connectivity index (χ3v) is 3.26. The van der Waals surface area contributed by atoms with Crippen molar-refractivity contribution >= 4 is 0 Å². The molecule has 20 heavy (non-hydrogen) atoms. The summed E-state index contributed by atoms with van der Waals surface area (Å²) in [5, 5.41) is 3.55. The summed E-state index contributed by atoms with van der Waals surface area (Å²) in [4.78, 5) is 6.62. The number of aromatic nitrogens is 2. The molecule has 0 radical (unpaired) electrons. The summed E-state index contributed by atoms with van der Waals surface area (Å²) >= 11 is 0. The van der Waals surface area contributed by atoms with Crippen molar-refractivity contribution in [2.75, 3.05) is 20.6 Å². The van der Waals surface area contributed by atoms with Gasteiger partial charge in [0, 0.05) is 30.9 Å². The van der Waals surface area contributed by atoms with Gasteiger partial charge in [-0.25, -0.2) is 4.98 Å². The molecule has 0 aliphatic rings. The highest BCUT2D eigenvalue weighted by Crippen LogP contribution is 2.20. The summed E-state index contributed by atoms with van der Waals surface area (Å²) in [6.45, 7) is 13.1. The van der Waals surface area contributed by atoms with E-state index in [0.717, 1.165) is 13.1 Å². The Kier molecular flexibility index (Phi) is 6.21. The quantitative estimate of drug-likeness (QED) is 0.833. The Balaban J connectivity index is 2.82.